The molecule has 5 aliphatic rings. The van der Waals surface area contributed by atoms with E-state index in [1.54, 1.807) is 4.40 Å². The van der Waals surface area contributed by atoms with Crippen molar-refractivity contribution in [1.29, 1.82) is 0 Å². The van der Waals surface area contributed by atoms with Crippen LogP contribution < -0.4 is 4.40 Å². The maximum absolute atomic E-state index is 11.3. The summed E-state index contributed by atoms with van der Waals surface area (Å²) < 4.78 is 1.57. The number of rotatable bonds is 2. The van der Waals surface area contributed by atoms with Gasteiger partial charge in [-0.3, -0.25) is 6.08 Å². The van der Waals surface area contributed by atoms with E-state index >= 15 is 0 Å². The molecule has 1 aromatic carbocycles. The molecule has 6 rings (SSSR count). The molecular weight excluding hydrogens is 506 g/mol. The van der Waals surface area contributed by atoms with Crippen LogP contribution in [0, 0.1) is 35.2 Å². The van der Waals surface area contributed by atoms with Gasteiger partial charge >= 0.3 is 82.1 Å². The van der Waals surface area contributed by atoms with Crippen LogP contribution in [-0.2, 0) is 31.0 Å². The van der Waals surface area contributed by atoms with Crippen LogP contribution in [0.15, 0.2) is 47.1 Å². The third kappa shape index (κ3) is 5.50. The number of carbonyl (C=O) groups is 1. The second-order valence-corrected chi connectivity index (χ2v) is 12.1. The minimum atomic E-state index is -0.253. The fourth-order valence-electron chi connectivity index (χ4n) is 5.97. The molecule has 1 N–H and O–H groups in total. The van der Waals surface area contributed by atoms with Gasteiger partial charge in [0.15, 0.2) is 0 Å². The van der Waals surface area contributed by atoms with Gasteiger partial charge in [-0.15, -0.1) is 6.92 Å². The smallest absolute Gasteiger partial charge is 0.667 e. The van der Waals surface area contributed by atoms with Crippen molar-refractivity contribution in [2.75, 3.05) is 0 Å². The Bertz CT molecular complexity index is 787. The van der Waals surface area contributed by atoms with Crippen molar-refractivity contribution in [2.45, 2.75) is 65.6 Å². The standard InChI is InChI=1S/C10H15NO.C9H13.C7H9Ge.Zr/c11-9(12)10-4-6-1-7(5-10)3-8(10)2-6;1-6-5-7(2)9(4)8(6)3;1-8-7-5-3-2-4-6-7;/h6-8H,1-5H2,(H2,11,12);6H,1-4H3;2-6,8H,1H3;/q;-1;;+2/p-1. The largest absolute Gasteiger partial charge is 2.00 e. The number of allylic oxidation sites excluding steroid dienone is 4. The number of hydrogen-bond donors (Lipinski definition) is 0. The van der Waals surface area contributed by atoms with E-state index in [9.17, 15) is 4.79 Å². The van der Waals surface area contributed by atoms with E-state index in [2.05, 4.69) is 69.9 Å². The molecule has 1 aromatic rings. The van der Waals surface area contributed by atoms with E-state index in [0.717, 1.165) is 24.7 Å². The van der Waals surface area contributed by atoms with Crippen LogP contribution >= 0.6 is 0 Å². The zero-order chi connectivity index (χ0) is 21.2. The Morgan fingerprint density at radius 2 is 1.63 bits per heavy atom. The fourth-order valence-corrected chi connectivity index (χ4v) is 7.25. The molecule has 0 spiro atoms. The molecule has 4 heteroatoms. The maximum Gasteiger partial charge on any atom is 2.00 e. The average Bonchev–Trinajstić information content (AvgIpc) is 3.22. The van der Waals surface area contributed by atoms with Gasteiger partial charge < -0.3 is 10.5 Å². The molecule has 0 heterocycles. The van der Waals surface area contributed by atoms with E-state index in [1.807, 2.05) is 0 Å². The minimum Gasteiger partial charge on any atom is -0.667 e. The Kier molecular flexibility index (Phi) is 9.44. The van der Waals surface area contributed by atoms with E-state index in [-0.39, 0.29) is 53.0 Å². The molecule has 1 radical (unpaired) electrons. The van der Waals surface area contributed by atoms with Gasteiger partial charge in [-0.1, -0.05) is 26.7 Å². The summed E-state index contributed by atoms with van der Waals surface area (Å²) in [5, 5.41) is 0. The SMILES string of the molecule is CC1=[C-]C(C)C(C)=C1C.[CH3][GeH][c]1ccccc1.[NH-]C(=O)C12CC3CC(CC1C3)C2.[Zr+2]. The summed E-state index contributed by atoms with van der Waals surface area (Å²) in [5.74, 6) is 4.83. The topological polar surface area (TPSA) is 40.9 Å². The Balaban J connectivity index is 0.000000162. The molecule has 2 nitrogen and oxygen atoms in total. The number of amides is 1. The predicted molar refractivity (Wildman–Crippen MR) is 124 cm³/mol. The first-order valence-corrected chi connectivity index (χ1v) is 14.8. The Hall–Kier alpha value is -0.404. The maximum atomic E-state index is 11.3. The van der Waals surface area contributed by atoms with Crippen LogP contribution in [0.5, 0.6) is 0 Å². The quantitative estimate of drug-likeness (QED) is 0.339. The molecule has 0 aliphatic heterocycles. The second-order valence-electron chi connectivity index (χ2n) is 9.53. The van der Waals surface area contributed by atoms with Crippen molar-refractivity contribution in [2.24, 2.45) is 29.1 Å². The molecule has 4 fully saturated rings. The average molecular weight is 542 g/mol. The first-order valence-electron chi connectivity index (χ1n) is 11.1. The number of hydrogen-bond acceptors (Lipinski definition) is 1. The van der Waals surface area contributed by atoms with Crippen molar-refractivity contribution in [3.05, 3.63) is 58.9 Å². The Morgan fingerprint density at radius 3 is 1.93 bits per heavy atom. The van der Waals surface area contributed by atoms with Crippen LogP contribution in [0.4, 0.5) is 0 Å². The first-order chi connectivity index (χ1) is 13.8. The van der Waals surface area contributed by atoms with E-state index in [0.29, 0.717) is 11.8 Å². The van der Waals surface area contributed by atoms with E-state index < -0.39 is 0 Å². The molecule has 30 heavy (non-hydrogen) atoms. The summed E-state index contributed by atoms with van der Waals surface area (Å²) in [5.41, 5.74) is 11.5. The van der Waals surface area contributed by atoms with Crippen molar-refractivity contribution < 1.29 is 31.0 Å². The van der Waals surface area contributed by atoms with Crippen LogP contribution in [-0.4, -0.2) is 21.3 Å². The van der Waals surface area contributed by atoms with Gasteiger partial charge in [-0.05, 0) is 49.9 Å². The van der Waals surface area contributed by atoms with Gasteiger partial charge in [0.05, 0.1) is 5.91 Å². The minimum absolute atomic E-state index is 0. The summed E-state index contributed by atoms with van der Waals surface area (Å²) in [6, 6.07) is 10.7. The Labute approximate surface area is 209 Å². The molecule has 0 aromatic heterocycles. The number of carbonyl (C=O) groups excluding carboxylic acids is 1. The Morgan fingerprint density at radius 1 is 1.07 bits per heavy atom. The number of nitrogens with one attached hydrogen (secondary N) is 1. The fraction of sp³-hybridized carbons (Fsp3) is 0.577. The van der Waals surface area contributed by atoms with Crippen molar-refractivity contribution in [1.82, 2.24) is 0 Å². The molecule has 0 saturated heterocycles. The number of benzene rings is 1. The van der Waals surface area contributed by atoms with Crippen LogP contribution in [0.3, 0.4) is 0 Å². The predicted octanol–water partition coefficient (Wildman–Crippen LogP) is 5.91. The van der Waals surface area contributed by atoms with Crippen LogP contribution in [0.1, 0.15) is 59.8 Å². The molecule has 3 atom stereocenters. The summed E-state index contributed by atoms with van der Waals surface area (Å²) in [6.45, 7) is 8.67. The molecule has 1 amide bonds. The van der Waals surface area contributed by atoms with Crippen LogP contribution in [0.25, 0.3) is 5.73 Å². The van der Waals surface area contributed by atoms with Crippen molar-refractivity contribution >= 4 is 25.7 Å². The van der Waals surface area contributed by atoms with Gasteiger partial charge in [0.25, 0.3) is 0 Å². The van der Waals surface area contributed by atoms with Gasteiger partial charge in [-0.2, -0.15) is 11.1 Å². The van der Waals surface area contributed by atoms with Gasteiger partial charge in [0, 0.05) is 5.41 Å². The molecule has 4 saturated carbocycles. The molecule has 159 valence electrons. The third-order valence-corrected chi connectivity index (χ3v) is 10.0. The van der Waals surface area contributed by atoms with Gasteiger partial charge in [-0.25, -0.2) is 5.57 Å². The van der Waals surface area contributed by atoms with Gasteiger partial charge in [0.1, 0.15) is 0 Å². The molecule has 4 bridgehead atoms. The zero-order valence-corrected chi connectivity index (χ0v) is 24.1. The van der Waals surface area contributed by atoms with E-state index in [1.165, 1.54) is 36.0 Å². The van der Waals surface area contributed by atoms with Crippen molar-refractivity contribution in [3.63, 3.8) is 0 Å². The zero-order valence-electron chi connectivity index (χ0n) is 19.2. The summed E-state index contributed by atoms with van der Waals surface area (Å²) in [7, 11) is 0. The van der Waals surface area contributed by atoms with Crippen molar-refractivity contribution in [3.8, 4) is 0 Å². The third-order valence-electron chi connectivity index (χ3n) is 7.81. The summed E-state index contributed by atoms with van der Waals surface area (Å²) in [4.78, 5) is 11.3. The second kappa shape index (κ2) is 10.9. The van der Waals surface area contributed by atoms with E-state index in [4.69, 9.17) is 5.73 Å². The van der Waals surface area contributed by atoms with Crippen LogP contribution in [0.2, 0.25) is 5.76 Å². The summed E-state index contributed by atoms with van der Waals surface area (Å²) in [6.07, 6.45) is 9.32. The molecule has 3 unspecified atom stereocenters. The molecular formula is C26H36GeNOZr. The normalized spacial score (nSPS) is 32.5. The van der Waals surface area contributed by atoms with Gasteiger partial charge in [0.2, 0.25) is 0 Å². The first kappa shape index (κ1) is 25.9. The monoisotopic (exact) mass is 542 g/mol. The summed E-state index contributed by atoms with van der Waals surface area (Å²) >= 11 is -0.0398. The molecule has 5 aliphatic carbocycles.